The summed E-state index contributed by atoms with van der Waals surface area (Å²) in [7, 11) is 0. The Morgan fingerprint density at radius 3 is 2.23 bits per heavy atom. The third kappa shape index (κ3) is 5.84. The van der Waals surface area contributed by atoms with Crippen LogP contribution in [0.2, 0.25) is 0 Å². The van der Waals surface area contributed by atoms with Crippen molar-refractivity contribution in [2.75, 3.05) is 5.32 Å². The monoisotopic (exact) mass is 423 g/mol. The topological polar surface area (TPSA) is 83.7 Å². The average molecular weight is 424 g/mol. The van der Waals surface area contributed by atoms with Gasteiger partial charge in [0.1, 0.15) is 5.76 Å². The molecular weight excluding hydrogens is 390 g/mol. The second-order valence-corrected chi connectivity index (χ2v) is 9.51. The molecule has 6 nitrogen and oxygen atoms in total. The van der Waals surface area contributed by atoms with E-state index < -0.39 is 0 Å². The molecule has 0 aliphatic heterocycles. The number of aryl methyl sites for hydroxylation is 1. The van der Waals surface area contributed by atoms with Crippen molar-refractivity contribution in [2.45, 2.75) is 60.3 Å². The maximum Gasteiger partial charge on any atom is 0.259 e. The van der Waals surface area contributed by atoms with Gasteiger partial charge < -0.3 is 9.73 Å². The lowest BCUT2D eigenvalue weighted by Gasteiger charge is -2.36. The van der Waals surface area contributed by atoms with Gasteiger partial charge in [-0.05, 0) is 74.6 Å². The molecule has 2 aromatic rings. The van der Waals surface area contributed by atoms with Gasteiger partial charge in [-0.25, -0.2) is 5.43 Å². The second-order valence-electron chi connectivity index (χ2n) is 9.51. The predicted octanol–water partition coefficient (Wildman–Crippen LogP) is 5.53. The molecule has 2 amide bonds. The molecule has 0 radical (unpaired) electrons. The van der Waals surface area contributed by atoms with Crippen LogP contribution in [0.25, 0.3) is 0 Å². The van der Waals surface area contributed by atoms with Crippen LogP contribution in [0.1, 0.15) is 75.1 Å². The summed E-state index contributed by atoms with van der Waals surface area (Å²) in [5, 5.41) is 7.15. The number of carbonyl (C=O) groups is 2. The predicted molar refractivity (Wildman–Crippen MR) is 123 cm³/mol. The first-order chi connectivity index (χ1) is 14.6. The molecule has 2 N–H and O–H groups in total. The molecule has 0 unspecified atom stereocenters. The number of anilines is 1. The fraction of sp³-hybridized carbons (Fsp3) is 0.480. The lowest BCUT2D eigenvalue weighted by atomic mass is 9.70. The van der Waals surface area contributed by atoms with Gasteiger partial charge in [0.15, 0.2) is 0 Å². The molecule has 31 heavy (non-hydrogen) atoms. The fourth-order valence-electron chi connectivity index (χ4n) is 4.13. The highest BCUT2D eigenvalue weighted by molar-refractivity contribution is 6.05. The van der Waals surface area contributed by atoms with Gasteiger partial charge in [-0.1, -0.05) is 32.9 Å². The molecule has 0 spiro atoms. The van der Waals surface area contributed by atoms with E-state index in [1.54, 1.807) is 13.0 Å². The van der Waals surface area contributed by atoms with Crippen molar-refractivity contribution in [3.63, 3.8) is 0 Å². The van der Waals surface area contributed by atoms with Crippen molar-refractivity contribution in [1.29, 1.82) is 0 Å². The van der Waals surface area contributed by atoms with E-state index >= 15 is 0 Å². The van der Waals surface area contributed by atoms with Crippen LogP contribution in [0.3, 0.4) is 0 Å². The molecule has 0 atom stereocenters. The van der Waals surface area contributed by atoms with Crippen LogP contribution in [0, 0.1) is 24.2 Å². The van der Waals surface area contributed by atoms with E-state index in [9.17, 15) is 9.59 Å². The minimum absolute atomic E-state index is 0.00562. The van der Waals surface area contributed by atoms with Crippen molar-refractivity contribution in [2.24, 2.45) is 22.4 Å². The minimum Gasteiger partial charge on any atom is -0.469 e. The Morgan fingerprint density at radius 1 is 1.03 bits per heavy atom. The third-order valence-electron chi connectivity index (χ3n) is 6.32. The largest absolute Gasteiger partial charge is 0.469 e. The summed E-state index contributed by atoms with van der Waals surface area (Å²) in [6, 6.07) is 9.03. The third-order valence-corrected chi connectivity index (χ3v) is 6.32. The van der Waals surface area contributed by atoms with E-state index in [-0.39, 0.29) is 17.7 Å². The summed E-state index contributed by atoms with van der Waals surface area (Å²) < 4.78 is 5.17. The summed E-state index contributed by atoms with van der Waals surface area (Å²) in [5.74, 6) is 1.10. The van der Waals surface area contributed by atoms with E-state index in [1.165, 1.54) is 6.26 Å². The zero-order valence-electron chi connectivity index (χ0n) is 19.1. The molecule has 1 fully saturated rings. The highest BCUT2D eigenvalue weighted by Crippen LogP contribution is 2.39. The summed E-state index contributed by atoms with van der Waals surface area (Å²) in [6.45, 7) is 10.4. The van der Waals surface area contributed by atoms with Crippen LogP contribution in [0.5, 0.6) is 0 Å². The average Bonchev–Trinajstić information content (AvgIpc) is 3.18. The van der Waals surface area contributed by atoms with Gasteiger partial charge >= 0.3 is 0 Å². The van der Waals surface area contributed by atoms with Crippen LogP contribution in [-0.4, -0.2) is 17.5 Å². The number of hydrogen-bond acceptors (Lipinski definition) is 4. The molecule has 1 aromatic carbocycles. The summed E-state index contributed by atoms with van der Waals surface area (Å²) in [4.78, 5) is 24.8. The molecule has 1 saturated carbocycles. The number of rotatable bonds is 5. The quantitative estimate of drug-likeness (QED) is 0.490. The SMILES string of the molecule is C/C(=N\NC(=O)C1CCC(C(C)(C)C)CC1)c1ccc(NC(=O)c2ccoc2C)cc1. The van der Waals surface area contributed by atoms with Gasteiger partial charge in [0.25, 0.3) is 5.91 Å². The Balaban J connectivity index is 1.53. The first-order valence-electron chi connectivity index (χ1n) is 10.9. The molecule has 1 aliphatic rings. The van der Waals surface area contributed by atoms with Crippen LogP contribution in [0.15, 0.2) is 46.1 Å². The van der Waals surface area contributed by atoms with Gasteiger partial charge in [-0.3, -0.25) is 9.59 Å². The highest BCUT2D eigenvalue weighted by atomic mass is 16.3. The molecule has 1 aliphatic carbocycles. The van der Waals surface area contributed by atoms with Gasteiger partial charge in [-0.15, -0.1) is 0 Å². The summed E-state index contributed by atoms with van der Waals surface area (Å²) >= 11 is 0. The molecule has 166 valence electrons. The molecule has 0 bridgehead atoms. The number of nitrogens with zero attached hydrogens (tertiary/aromatic N) is 1. The zero-order chi connectivity index (χ0) is 22.6. The summed E-state index contributed by atoms with van der Waals surface area (Å²) in [5.41, 5.74) is 5.85. The standard InChI is InChI=1S/C25H33N3O3/c1-16(27-28-23(29)19-6-10-20(11-7-19)25(3,4)5)18-8-12-21(13-9-18)26-24(30)22-14-15-31-17(22)2/h8-9,12-15,19-20H,6-7,10-11H2,1-5H3,(H,26,30)(H,28,29)/b27-16+. The molecule has 3 rings (SSSR count). The van der Waals surface area contributed by atoms with Crippen LogP contribution in [0.4, 0.5) is 5.69 Å². The van der Waals surface area contributed by atoms with Crippen molar-refractivity contribution >= 4 is 23.2 Å². The van der Waals surface area contributed by atoms with E-state index in [4.69, 9.17) is 4.42 Å². The number of benzene rings is 1. The lowest BCUT2D eigenvalue weighted by Crippen LogP contribution is -2.33. The van der Waals surface area contributed by atoms with Crippen molar-refractivity contribution in [3.8, 4) is 0 Å². The number of nitrogens with one attached hydrogen (secondary N) is 2. The van der Waals surface area contributed by atoms with E-state index in [0.717, 1.165) is 37.0 Å². The second kappa shape index (κ2) is 9.50. The van der Waals surface area contributed by atoms with E-state index in [1.807, 2.05) is 31.2 Å². The van der Waals surface area contributed by atoms with Crippen LogP contribution in [-0.2, 0) is 4.79 Å². The Morgan fingerprint density at radius 2 is 1.68 bits per heavy atom. The first kappa shape index (κ1) is 22.8. The highest BCUT2D eigenvalue weighted by Gasteiger charge is 2.32. The maximum absolute atomic E-state index is 12.5. The fourth-order valence-corrected chi connectivity index (χ4v) is 4.13. The molecule has 1 heterocycles. The number of hydrogen-bond donors (Lipinski definition) is 2. The van der Waals surface area contributed by atoms with Crippen molar-refractivity contribution in [1.82, 2.24) is 5.43 Å². The van der Waals surface area contributed by atoms with Crippen molar-refractivity contribution in [3.05, 3.63) is 53.5 Å². The molecular formula is C25H33N3O3. The van der Waals surface area contributed by atoms with Gasteiger partial charge in [-0.2, -0.15) is 5.10 Å². The Hall–Kier alpha value is -2.89. The van der Waals surface area contributed by atoms with Crippen LogP contribution < -0.4 is 10.7 Å². The molecule has 6 heteroatoms. The summed E-state index contributed by atoms with van der Waals surface area (Å²) in [6.07, 6.45) is 5.53. The lowest BCUT2D eigenvalue weighted by molar-refractivity contribution is -0.126. The van der Waals surface area contributed by atoms with E-state index in [2.05, 4.69) is 36.6 Å². The maximum atomic E-state index is 12.5. The van der Waals surface area contributed by atoms with Gasteiger partial charge in [0.2, 0.25) is 5.91 Å². The number of hydrazone groups is 1. The van der Waals surface area contributed by atoms with Crippen LogP contribution >= 0.6 is 0 Å². The number of amides is 2. The Bertz CT molecular complexity index is 943. The Labute approximate surface area is 184 Å². The van der Waals surface area contributed by atoms with E-state index in [0.29, 0.717) is 28.3 Å². The normalized spacial score (nSPS) is 19.7. The smallest absolute Gasteiger partial charge is 0.259 e. The first-order valence-corrected chi connectivity index (χ1v) is 10.9. The minimum atomic E-state index is -0.210. The molecule has 0 saturated heterocycles. The number of carbonyl (C=O) groups excluding carboxylic acids is 2. The Kier molecular flexibility index (Phi) is 6.98. The van der Waals surface area contributed by atoms with Gasteiger partial charge in [0.05, 0.1) is 17.5 Å². The van der Waals surface area contributed by atoms with Crippen molar-refractivity contribution < 1.29 is 14.0 Å². The number of furan rings is 1. The molecule has 1 aromatic heterocycles. The zero-order valence-corrected chi connectivity index (χ0v) is 19.1. The van der Waals surface area contributed by atoms with Gasteiger partial charge in [0, 0.05) is 11.6 Å².